The van der Waals surface area contributed by atoms with Crippen LogP contribution in [0.2, 0.25) is 0 Å². The molecule has 2 aromatic heterocycles. The molecule has 33 heavy (non-hydrogen) atoms. The second-order valence-electron chi connectivity index (χ2n) is 7.51. The van der Waals surface area contributed by atoms with Gasteiger partial charge in [0.25, 0.3) is 11.7 Å². The Labute approximate surface area is 186 Å². The normalized spacial score (nSPS) is 14.8. The van der Waals surface area contributed by atoms with Crippen LogP contribution in [0.25, 0.3) is 5.65 Å². The smallest absolute Gasteiger partial charge is 0.453 e. The van der Waals surface area contributed by atoms with Gasteiger partial charge in [-0.05, 0) is 31.4 Å². The Hall–Kier alpha value is -3.45. The summed E-state index contributed by atoms with van der Waals surface area (Å²) in [6.45, 7) is 2.53. The highest BCUT2D eigenvalue weighted by atomic mass is 19.4. The molecule has 0 atom stereocenters. The molecule has 0 aliphatic carbocycles. The minimum absolute atomic E-state index is 0.0261. The van der Waals surface area contributed by atoms with Crippen LogP contribution in [0.5, 0.6) is 0 Å². The van der Waals surface area contributed by atoms with Gasteiger partial charge in [-0.2, -0.15) is 17.7 Å². The van der Waals surface area contributed by atoms with Crippen LogP contribution in [0.1, 0.15) is 38.4 Å². The van der Waals surface area contributed by atoms with Gasteiger partial charge in [-0.1, -0.05) is 13.3 Å². The van der Waals surface area contributed by atoms with E-state index in [1.165, 1.54) is 6.07 Å². The number of hydrogen-bond donors (Lipinski definition) is 2. The average Bonchev–Trinajstić information content (AvgIpc) is 3.21. The number of aromatic nitrogens is 4. The summed E-state index contributed by atoms with van der Waals surface area (Å²) in [5.41, 5.74) is -0.0261. The minimum Gasteiger partial charge on any atom is -0.455 e. The van der Waals surface area contributed by atoms with Crippen molar-refractivity contribution in [2.45, 2.75) is 38.8 Å². The van der Waals surface area contributed by atoms with Crippen LogP contribution in [0.4, 0.5) is 23.8 Å². The first-order valence-corrected chi connectivity index (χ1v) is 10.5. The second-order valence-corrected chi connectivity index (χ2v) is 7.51. The maximum absolute atomic E-state index is 13.1. The first-order chi connectivity index (χ1) is 15.7. The minimum atomic E-state index is -4.69. The number of ether oxygens (including phenoxy) is 1. The van der Waals surface area contributed by atoms with Gasteiger partial charge in [-0.15, -0.1) is 15.3 Å². The largest absolute Gasteiger partial charge is 0.455 e. The SMILES string of the molecule is CCCCNC(=O)NC(=O)COC(=O)C1CCN(c2ccc3nnc(C(F)(F)F)n3n2)CC1. The van der Waals surface area contributed by atoms with Gasteiger partial charge in [0.15, 0.2) is 12.3 Å². The van der Waals surface area contributed by atoms with Crippen molar-refractivity contribution in [3.63, 3.8) is 0 Å². The molecule has 0 spiro atoms. The van der Waals surface area contributed by atoms with Crippen molar-refractivity contribution in [2.75, 3.05) is 31.1 Å². The lowest BCUT2D eigenvalue weighted by atomic mass is 9.97. The van der Waals surface area contributed by atoms with Gasteiger partial charge < -0.3 is 15.0 Å². The van der Waals surface area contributed by atoms with E-state index in [9.17, 15) is 27.6 Å². The zero-order chi connectivity index (χ0) is 24.0. The summed E-state index contributed by atoms with van der Waals surface area (Å²) in [6, 6.07) is 2.28. The van der Waals surface area contributed by atoms with Crippen LogP contribution in [0.3, 0.4) is 0 Å². The molecule has 3 amide bonds. The summed E-state index contributed by atoms with van der Waals surface area (Å²) < 4.78 is 44.8. The van der Waals surface area contributed by atoms with Crippen molar-refractivity contribution in [1.29, 1.82) is 0 Å². The lowest BCUT2D eigenvalue weighted by Gasteiger charge is -2.31. The van der Waals surface area contributed by atoms with Crippen molar-refractivity contribution < 1.29 is 32.3 Å². The fourth-order valence-electron chi connectivity index (χ4n) is 3.31. The molecule has 3 rings (SSSR count). The fourth-order valence-corrected chi connectivity index (χ4v) is 3.31. The number of piperidine rings is 1. The number of halogens is 3. The summed E-state index contributed by atoms with van der Waals surface area (Å²) in [4.78, 5) is 37.3. The van der Waals surface area contributed by atoms with E-state index >= 15 is 0 Å². The number of rotatable bonds is 7. The zero-order valence-electron chi connectivity index (χ0n) is 17.9. The van der Waals surface area contributed by atoms with E-state index < -0.39 is 42.4 Å². The Bertz CT molecular complexity index is 1000. The van der Waals surface area contributed by atoms with Gasteiger partial charge in [0.2, 0.25) is 0 Å². The number of urea groups is 1. The summed E-state index contributed by atoms with van der Waals surface area (Å²) in [6.07, 6.45) is -2.28. The standard InChI is InChI=1S/C19H24F3N7O4/c1-2-3-8-23-18(32)24-15(30)11-33-16(31)12-6-9-28(10-7-12)14-5-4-13-25-26-17(19(20,21)22)29(13)27-14/h4-5,12H,2-3,6-11H2,1H3,(H2,23,24,30,32). The van der Waals surface area contributed by atoms with Crippen molar-refractivity contribution >= 4 is 29.4 Å². The molecular formula is C19H24F3N7O4. The van der Waals surface area contributed by atoms with Crippen LogP contribution in [-0.4, -0.2) is 64.0 Å². The van der Waals surface area contributed by atoms with Crippen molar-refractivity contribution in [2.24, 2.45) is 5.92 Å². The molecule has 0 saturated carbocycles. The average molecular weight is 471 g/mol. The van der Waals surface area contributed by atoms with E-state index in [2.05, 4.69) is 25.9 Å². The molecular weight excluding hydrogens is 447 g/mol. The van der Waals surface area contributed by atoms with Gasteiger partial charge in [0, 0.05) is 19.6 Å². The van der Waals surface area contributed by atoms with Gasteiger partial charge in [0.05, 0.1) is 5.92 Å². The first kappa shape index (κ1) is 24.2. The van der Waals surface area contributed by atoms with Crippen LogP contribution >= 0.6 is 0 Å². The van der Waals surface area contributed by atoms with Crippen molar-refractivity contribution in [3.05, 3.63) is 18.0 Å². The first-order valence-electron chi connectivity index (χ1n) is 10.5. The number of carbonyl (C=O) groups is 3. The number of unbranched alkanes of at least 4 members (excludes halogenated alkanes) is 1. The number of anilines is 1. The highest BCUT2D eigenvalue weighted by Gasteiger charge is 2.38. The van der Waals surface area contributed by atoms with Crippen molar-refractivity contribution in [1.82, 2.24) is 30.4 Å². The highest BCUT2D eigenvalue weighted by molar-refractivity contribution is 5.95. The van der Waals surface area contributed by atoms with Crippen LogP contribution in [-0.2, 0) is 20.5 Å². The lowest BCUT2D eigenvalue weighted by molar-refractivity contribution is -0.153. The molecule has 2 N–H and O–H groups in total. The Balaban J connectivity index is 1.48. The van der Waals surface area contributed by atoms with Crippen LogP contribution < -0.4 is 15.5 Å². The van der Waals surface area contributed by atoms with Crippen LogP contribution in [0.15, 0.2) is 12.1 Å². The lowest BCUT2D eigenvalue weighted by Crippen LogP contribution is -2.42. The zero-order valence-corrected chi connectivity index (χ0v) is 17.9. The fraction of sp³-hybridized carbons (Fsp3) is 0.579. The van der Waals surface area contributed by atoms with E-state index in [-0.39, 0.29) is 5.65 Å². The maximum atomic E-state index is 13.1. The van der Waals surface area contributed by atoms with Crippen molar-refractivity contribution in [3.8, 4) is 0 Å². The number of hydrogen-bond acceptors (Lipinski definition) is 8. The molecule has 3 heterocycles. The van der Waals surface area contributed by atoms with E-state index in [1.807, 2.05) is 6.92 Å². The predicted octanol–water partition coefficient (Wildman–Crippen LogP) is 1.53. The Morgan fingerprint density at radius 3 is 2.58 bits per heavy atom. The molecule has 1 saturated heterocycles. The molecule has 1 aliphatic heterocycles. The quantitative estimate of drug-likeness (QED) is 0.459. The molecule has 14 heteroatoms. The predicted molar refractivity (Wildman–Crippen MR) is 108 cm³/mol. The molecule has 0 unspecified atom stereocenters. The summed E-state index contributed by atoms with van der Waals surface area (Å²) in [5.74, 6) is -2.69. The van der Waals surface area contributed by atoms with E-state index in [1.54, 1.807) is 11.0 Å². The second kappa shape index (κ2) is 10.4. The van der Waals surface area contributed by atoms with Gasteiger partial charge in [0.1, 0.15) is 5.82 Å². The summed E-state index contributed by atoms with van der Waals surface area (Å²) in [7, 11) is 0. The number of alkyl halides is 3. The molecule has 2 aromatic rings. The number of nitrogens with zero attached hydrogens (tertiary/aromatic N) is 5. The van der Waals surface area contributed by atoms with Gasteiger partial charge >= 0.3 is 18.2 Å². The molecule has 11 nitrogen and oxygen atoms in total. The Morgan fingerprint density at radius 1 is 1.18 bits per heavy atom. The number of fused-ring (bicyclic) bond motifs is 1. The molecule has 1 aliphatic rings. The highest BCUT2D eigenvalue weighted by Crippen LogP contribution is 2.28. The molecule has 0 radical (unpaired) electrons. The topological polar surface area (TPSA) is 131 Å². The third-order valence-corrected chi connectivity index (χ3v) is 5.07. The Morgan fingerprint density at radius 2 is 1.91 bits per heavy atom. The Kier molecular flexibility index (Phi) is 7.66. The third-order valence-electron chi connectivity index (χ3n) is 5.07. The number of amides is 3. The number of imide groups is 1. The summed E-state index contributed by atoms with van der Waals surface area (Å²) >= 11 is 0. The van der Waals surface area contributed by atoms with E-state index in [4.69, 9.17) is 4.74 Å². The monoisotopic (exact) mass is 471 g/mol. The van der Waals surface area contributed by atoms with Gasteiger partial charge in [-0.3, -0.25) is 14.9 Å². The molecule has 180 valence electrons. The van der Waals surface area contributed by atoms with Gasteiger partial charge in [-0.25, -0.2) is 4.79 Å². The third kappa shape index (κ3) is 6.29. The number of nitrogens with one attached hydrogen (secondary N) is 2. The molecule has 1 fully saturated rings. The molecule has 0 bridgehead atoms. The van der Waals surface area contributed by atoms with E-state index in [0.717, 1.165) is 12.8 Å². The number of carbonyl (C=O) groups excluding carboxylic acids is 3. The summed E-state index contributed by atoms with van der Waals surface area (Å²) in [5, 5.41) is 15.2. The number of esters is 1. The maximum Gasteiger partial charge on any atom is 0.453 e. The van der Waals surface area contributed by atoms with Crippen LogP contribution in [0, 0.1) is 5.92 Å². The molecule has 0 aromatic carbocycles. The van der Waals surface area contributed by atoms with E-state index in [0.29, 0.717) is 42.8 Å².